The molecule has 0 aliphatic carbocycles. The van der Waals surface area contributed by atoms with E-state index < -0.39 is 22.4 Å². The summed E-state index contributed by atoms with van der Waals surface area (Å²) >= 11 is -1.25. The van der Waals surface area contributed by atoms with Crippen LogP contribution >= 0.6 is 0 Å². The number of halogens is 2. The van der Waals surface area contributed by atoms with Crippen molar-refractivity contribution in [2.45, 2.75) is 44.8 Å². The van der Waals surface area contributed by atoms with Gasteiger partial charge in [0.2, 0.25) is 0 Å². The monoisotopic (exact) mass is 305 g/mol. The third-order valence-corrected chi connectivity index (χ3v) is 4.45. The Kier molecular flexibility index (Phi) is 3.88. The summed E-state index contributed by atoms with van der Waals surface area (Å²) in [4.78, 5) is 0. The van der Waals surface area contributed by atoms with Gasteiger partial charge in [0.25, 0.3) is 0 Å². The molecule has 1 aliphatic heterocycles. The normalized spacial score (nSPS) is 19.8. The highest BCUT2D eigenvalue weighted by Crippen LogP contribution is 2.42. The van der Waals surface area contributed by atoms with Crippen molar-refractivity contribution in [1.29, 1.82) is 0 Å². The van der Waals surface area contributed by atoms with Gasteiger partial charge in [-0.25, -0.2) is 0 Å². The van der Waals surface area contributed by atoms with E-state index in [0.29, 0.717) is 5.56 Å². The lowest BCUT2D eigenvalue weighted by Crippen LogP contribution is -2.40. The van der Waals surface area contributed by atoms with Crippen LogP contribution in [0.2, 0.25) is 0 Å². The number of benzene rings is 1. The average molecular weight is 305 g/mol. The van der Waals surface area contributed by atoms with Gasteiger partial charge in [0, 0.05) is 11.4 Å². The van der Waals surface area contributed by atoms with Gasteiger partial charge in [-0.3, -0.25) is 0 Å². The molecule has 20 heavy (non-hydrogen) atoms. The molecule has 0 aromatic heterocycles. The number of fused-ring (bicyclic) bond motifs is 1. The second-order valence-electron chi connectivity index (χ2n) is 5.59. The third-order valence-electron chi connectivity index (χ3n) is 2.77. The summed E-state index contributed by atoms with van der Waals surface area (Å²) < 4.78 is 49.1. The molecule has 0 saturated heterocycles. The van der Waals surface area contributed by atoms with Crippen LogP contribution in [0.5, 0.6) is 11.5 Å². The first-order valence-corrected chi connectivity index (χ1v) is 7.31. The summed E-state index contributed by atoms with van der Waals surface area (Å²) in [5.74, 6) is -0.00872. The number of rotatable bonds is 3. The summed E-state index contributed by atoms with van der Waals surface area (Å²) in [6, 6.07) is 4.26. The van der Waals surface area contributed by atoms with E-state index >= 15 is 0 Å². The molecule has 0 bridgehead atoms. The predicted octanol–water partition coefficient (Wildman–Crippen LogP) is 3.12. The van der Waals surface area contributed by atoms with Crippen LogP contribution in [-0.4, -0.2) is 15.6 Å². The number of hydrogen-bond donors (Lipinski definition) is 1. The van der Waals surface area contributed by atoms with E-state index in [1.54, 1.807) is 13.0 Å². The molecule has 1 aromatic carbocycles. The van der Waals surface area contributed by atoms with Gasteiger partial charge in [0.05, 0.1) is 6.04 Å². The zero-order valence-corrected chi connectivity index (χ0v) is 12.5. The Morgan fingerprint density at radius 3 is 2.45 bits per heavy atom. The van der Waals surface area contributed by atoms with E-state index in [1.807, 2.05) is 20.8 Å². The SMILES string of the molecule is C[C@H](N[S+]([O-])C(C)(C)C)c1ccc2c(c1)OC(F)(F)O2. The lowest BCUT2D eigenvalue weighted by molar-refractivity contribution is -0.286. The summed E-state index contributed by atoms with van der Waals surface area (Å²) in [6.07, 6.45) is -3.62. The van der Waals surface area contributed by atoms with Gasteiger partial charge in [-0.1, -0.05) is 6.07 Å². The fraction of sp³-hybridized carbons (Fsp3) is 0.538. The van der Waals surface area contributed by atoms with Crippen LogP contribution in [0.25, 0.3) is 0 Å². The van der Waals surface area contributed by atoms with Crippen LogP contribution in [0.15, 0.2) is 18.2 Å². The molecule has 4 nitrogen and oxygen atoms in total. The molecule has 7 heteroatoms. The molecular weight excluding hydrogens is 288 g/mol. The van der Waals surface area contributed by atoms with Gasteiger partial charge in [-0.2, -0.15) is 0 Å². The second-order valence-corrected chi connectivity index (χ2v) is 7.59. The van der Waals surface area contributed by atoms with Gasteiger partial charge >= 0.3 is 6.29 Å². The summed E-state index contributed by atoms with van der Waals surface area (Å²) in [5, 5.41) is 0. The Labute approximate surface area is 119 Å². The van der Waals surface area contributed by atoms with Gasteiger partial charge < -0.3 is 14.0 Å². The minimum atomic E-state index is -3.62. The highest BCUT2D eigenvalue weighted by molar-refractivity contribution is 7.90. The molecule has 0 fully saturated rings. The minimum absolute atomic E-state index is 0.00268. The van der Waals surface area contributed by atoms with E-state index in [9.17, 15) is 13.3 Å². The maximum Gasteiger partial charge on any atom is 0.586 e. The smallest absolute Gasteiger partial charge is 0.586 e. The largest absolute Gasteiger partial charge is 0.598 e. The number of nitrogens with one attached hydrogen (secondary N) is 1. The Morgan fingerprint density at radius 1 is 1.25 bits per heavy atom. The van der Waals surface area contributed by atoms with E-state index in [4.69, 9.17) is 0 Å². The molecule has 1 heterocycles. The van der Waals surface area contributed by atoms with Gasteiger partial charge in [-0.15, -0.1) is 13.5 Å². The van der Waals surface area contributed by atoms with Crippen LogP contribution in [0.3, 0.4) is 0 Å². The van der Waals surface area contributed by atoms with Crippen molar-refractivity contribution in [2.24, 2.45) is 0 Å². The first kappa shape index (κ1) is 15.3. The Hall–Kier alpha value is -1.05. The van der Waals surface area contributed by atoms with Crippen LogP contribution in [0.4, 0.5) is 8.78 Å². The molecule has 0 saturated carbocycles. The fourth-order valence-electron chi connectivity index (χ4n) is 1.64. The summed E-state index contributed by atoms with van der Waals surface area (Å²) in [7, 11) is 0. The molecule has 2 rings (SSSR count). The quantitative estimate of drug-likeness (QED) is 0.872. The van der Waals surface area contributed by atoms with Gasteiger partial charge in [-0.05, 0) is 45.4 Å². The topological polar surface area (TPSA) is 53.5 Å². The minimum Gasteiger partial charge on any atom is -0.598 e. The lowest BCUT2D eigenvalue weighted by atomic mass is 10.1. The van der Waals surface area contributed by atoms with Crippen molar-refractivity contribution >= 4 is 11.4 Å². The van der Waals surface area contributed by atoms with Crippen LogP contribution in [-0.2, 0) is 11.4 Å². The van der Waals surface area contributed by atoms with Crippen molar-refractivity contribution in [3.8, 4) is 11.5 Å². The van der Waals surface area contributed by atoms with Crippen LogP contribution in [0.1, 0.15) is 39.3 Å². The van der Waals surface area contributed by atoms with E-state index in [0.717, 1.165) is 0 Å². The molecule has 2 atom stereocenters. The maximum absolute atomic E-state index is 12.9. The molecule has 0 spiro atoms. The van der Waals surface area contributed by atoms with Crippen molar-refractivity contribution < 1.29 is 22.8 Å². The average Bonchev–Trinajstić information content (AvgIpc) is 2.60. The van der Waals surface area contributed by atoms with Crippen molar-refractivity contribution in [1.82, 2.24) is 4.72 Å². The molecule has 112 valence electrons. The standard InChI is InChI=1S/C13H17F2NO3S/c1-8(16-20(17)12(2,3)4)9-5-6-10-11(7-9)19-13(14,15)18-10/h5-8,16H,1-4H3/t8-,20?/m0/s1. The zero-order valence-electron chi connectivity index (χ0n) is 11.7. The number of hydrogen-bond acceptors (Lipinski definition) is 4. The first-order valence-electron chi connectivity index (χ1n) is 6.16. The van der Waals surface area contributed by atoms with Crippen molar-refractivity contribution in [3.05, 3.63) is 23.8 Å². The third kappa shape index (κ3) is 3.34. The lowest BCUT2D eigenvalue weighted by Gasteiger charge is -2.26. The summed E-state index contributed by atoms with van der Waals surface area (Å²) in [5.41, 5.74) is 0.697. The van der Waals surface area contributed by atoms with E-state index in [-0.39, 0.29) is 17.5 Å². The van der Waals surface area contributed by atoms with Crippen molar-refractivity contribution in [2.75, 3.05) is 0 Å². The molecule has 1 unspecified atom stereocenters. The fourth-order valence-corrected chi connectivity index (χ4v) is 2.45. The van der Waals surface area contributed by atoms with E-state index in [2.05, 4.69) is 14.2 Å². The molecule has 1 aromatic rings. The summed E-state index contributed by atoms with van der Waals surface area (Å²) in [6.45, 7) is 7.36. The molecule has 1 N–H and O–H groups in total. The first-order chi connectivity index (χ1) is 9.08. The number of alkyl halides is 2. The molecule has 1 aliphatic rings. The molecule has 0 amide bonds. The second kappa shape index (κ2) is 5.05. The molecule has 0 radical (unpaired) electrons. The highest BCUT2D eigenvalue weighted by Gasteiger charge is 2.43. The Balaban J connectivity index is 2.12. The van der Waals surface area contributed by atoms with Gasteiger partial charge in [0.1, 0.15) is 4.75 Å². The van der Waals surface area contributed by atoms with Gasteiger partial charge in [0.15, 0.2) is 11.5 Å². The van der Waals surface area contributed by atoms with E-state index in [1.165, 1.54) is 12.1 Å². The van der Waals surface area contributed by atoms with Crippen LogP contribution < -0.4 is 14.2 Å². The molecular formula is C13H17F2NO3S. The number of ether oxygens (including phenoxy) is 2. The Bertz CT molecular complexity index is 505. The highest BCUT2D eigenvalue weighted by atomic mass is 32.2. The predicted molar refractivity (Wildman–Crippen MR) is 72.1 cm³/mol. The maximum atomic E-state index is 12.9. The van der Waals surface area contributed by atoms with Crippen molar-refractivity contribution in [3.63, 3.8) is 0 Å². The zero-order chi connectivity index (χ0) is 15.1. The van der Waals surface area contributed by atoms with Crippen LogP contribution in [0, 0.1) is 0 Å². The Morgan fingerprint density at radius 2 is 1.85 bits per heavy atom.